The monoisotopic (exact) mass is 388 g/mol. The van der Waals surface area contributed by atoms with Crippen LogP contribution in [0.4, 0.5) is 0 Å². The Kier molecular flexibility index (Phi) is 6.07. The molecule has 148 valence electrons. The minimum atomic E-state index is -0.972. The highest BCUT2D eigenvalue weighted by Crippen LogP contribution is 2.25. The Labute approximate surface area is 170 Å². The molecule has 5 nitrogen and oxygen atoms in total. The van der Waals surface area contributed by atoms with Gasteiger partial charge in [-0.25, -0.2) is 0 Å². The van der Waals surface area contributed by atoms with Crippen molar-refractivity contribution < 1.29 is 14.7 Å². The molecule has 5 heteroatoms. The van der Waals surface area contributed by atoms with Crippen LogP contribution in [-0.4, -0.2) is 22.0 Å². The first-order valence-corrected chi connectivity index (χ1v) is 9.46. The van der Waals surface area contributed by atoms with Gasteiger partial charge < -0.3 is 10.4 Å². The average molecular weight is 388 g/mol. The van der Waals surface area contributed by atoms with E-state index in [0.717, 1.165) is 27.8 Å². The molecule has 0 aliphatic heterocycles. The van der Waals surface area contributed by atoms with Crippen LogP contribution in [0.2, 0.25) is 0 Å². The van der Waals surface area contributed by atoms with Gasteiger partial charge in [0.2, 0.25) is 0 Å². The molecular formula is C24H24N2O3. The van der Waals surface area contributed by atoms with Crippen molar-refractivity contribution in [2.24, 2.45) is 0 Å². The lowest BCUT2D eigenvalue weighted by atomic mass is 9.97. The largest absolute Gasteiger partial charge is 0.481 e. The van der Waals surface area contributed by atoms with Crippen molar-refractivity contribution in [2.45, 2.75) is 33.2 Å². The number of pyridine rings is 1. The highest BCUT2D eigenvalue weighted by Gasteiger charge is 2.21. The van der Waals surface area contributed by atoms with Crippen LogP contribution in [0.1, 0.15) is 45.1 Å². The highest BCUT2D eigenvalue weighted by atomic mass is 16.4. The van der Waals surface area contributed by atoms with E-state index in [1.807, 2.05) is 57.2 Å². The summed E-state index contributed by atoms with van der Waals surface area (Å²) in [5.74, 6) is -1.32. The molecule has 0 spiro atoms. The number of carboxylic acid groups (broad SMARTS) is 1. The summed E-state index contributed by atoms with van der Waals surface area (Å²) in [7, 11) is 0. The van der Waals surface area contributed by atoms with Crippen LogP contribution < -0.4 is 5.32 Å². The number of rotatable bonds is 6. The molecule has 1 atom stereocenters. The van der Waals surface area contributed by atoms with Crippen LogP contribution >= 0.6 is 0 Å². The van der Waals surface area contributed by atoms with Gasteiger partial charge in [0.25, 0.3) is 5.91 Å². The Hall–Kier alpha value is -3.47. The molecule has 0 fully saturated rings. The van der Waals surface area contributed by atoms with E-state index in [-0.39, 0.29) is 12.3 Å². The van der Waals surface area contributed by atoms with E-state index in [1.165, 1.54) is 11.8 Å². The van der Waals surface area contributed by atoms with E-state index in [1.54, 1.807) is 12.3 Å². The fraction of sp³-hybridized carbons (Fsp3) is 0.208. The maximum atomic E-state index is 12.9. The number of nitrogens with zero attached hydrogens (tertiary/aromatic N) is 1. The number of nitrogens with one attached hydrogen (secondary N) is 1. The van der Waals surface area contributed by atoms with Gasteiger partial charge in [-0.1, -0.05) is 48.0 Å². The number of carboxylic acids is 1. The quantitative estimate of drug-likeness (QED) is 0.646. The summed E-state index contributed by atoms with van der Waals surface area (Å²) in [6.07, 6.45) is 3.03. The molecule has 2 N–H and O–H groups in total. The van der Waals surface area contributed by atoms with E-state index in [4.69, 9.17) is 0 Å². The fourth-order valence-electron chi connectivity index (χ4n) is 3.48. The third-order valence-electron chi connectivity index (χ3n) is 4.94. The van der Waals surface area contributed by atoms with Gasteiger partial charge in [0.15, 0.2) is 0 Å². The molecule has 0 unspecified atom stereocenters. The van der Waals surface area contributed by atoms with Gasteiger partial charge in [-0.3, -0.25) is 14.6 Å². The molecule has 0 bridgehead atoms. The average Bonchev–Trinajstić information content (AvgIpc) is 2.67. The van der Waals surface area contributed by atoms with Crippen molar-refractivity contribution in [2.75, 3.05) is 0 Å². The zero-order chi connectivity index (χ0) is 21.0. The van der Waals surface area contributed by atoms with Crippen molar-refractivity contribution in [3.8, 4) is 11.1 Å². The number of aliphatic carboxylic acids is 1. The van der Waals surface area contributed by atoms with Gasteiger partial charge >= 0.3 is 5.97 Å². The van der Waals surface area contributed by atoms with Crippen molar-refractivity contribution in [3.05, 3.63) is 88.7 Å². The SMILES string of the molecule is Cc1ccc(-c2cncc(C(=O)N[C@@H](CC(=O)O)c3ccccc3C)c2)c(C)c1. The third-order valence-corrected chi connectivity index (χ3v) is 4.94. The van der Waals surface area contributed by atoms with E-state index < -0.39 is 12.0 Å². The molecule has 0 aliphatic carbocycles. The molecule has 1 amide bonds. The lowest BCUT2D eigenvalue weighted by molar-refractivity contribution is -0.137. The Morgan fingerprint density at radius 2 is 1.76 bits per heavy atom. The van der Waals surface area contributed by atoms with Crippen LogP contribution in [0.5, 0.6) is 0 Å². The molecule has 3 aromatic rings. The maximum Gasteiger partial charge on any atom is 0.305 e. The maximum absolute atomic E-state index is 12.9. The van der Waals surface area contributed by atoms with Gasteiger partial charge in [-0.15, -0.1) is 0 Å². The molecule has 3 rings (SSSR count). The Balaban J connectivity index is 1.89. The molecule has 1 heterocycles. The number of hydrogen-bond acceptors (Lipinski definition) is 3. The number of carbonyl (C=O) groups is 2. The van der Waals surface area contributed by atoms with E-state index in [0.29, 0.717) is 5.56 Å². The van der Waals surface area contributed by atoms with Crippen molar-refractivity contribution in [1.82, 2.24) is 10.3 Å². The summed E-state index contributed by atoms with van der Waals surface area (Å²) < 4.78 is 0. The molecule has 0 aliphatic rings. The summed E-state index contributed by atoms with van der Waals surface area (Å²) in [4.78, 5) is 28.5. The minimum Gasteiger partial charge on any atom is -0.481 e. The van der Waals surface area contributed by atoms with Gasteiger partial charge in [-0.05, 0) is 49.1 Å². The first-order chi connectivity index (χ1) is 13.8. The molecule has 29 heavy (non-hydrogen) atoms. The van der Waals surface area contributed by atoms with E-state index in [9.17, 15) is 14.7 Å². The van der Waals surface area contributed by atoms with Gasteiger partial charge in [0.05, 0.1) is 18.0 Å². The molecule has 0 radical (unpaired) electrons. The number of aryl methyl sites for hydroxylation is 3. The van der Waals surface area contributed by atoms with Gasteiger partial charge in [0.1, 0.15) is 0 Å². The third kappa shape index (κ3) is 4.88. The van der Waals surface area contributed by atoms with Crippen LogP contribution in [0.25, 0.3) is 11.1 Å². The summed E-state index contributed by atoms with van der Waals surface area (Å²) in [6, 6.07) is 14.8. The fourth-order valence-corrected chi connectivity index (χ4v) is 3.48. The Morgan fingerprint density at radius 1 is 1.00 bits per heavy atom. The summed E-state index contributed by atoms with van der Waals surface area (Å²) in [5, 5.41) is 12.2. The molecule has 2 aromatic carbocycles. The zero-order valence-corrected chi connectivity index (χ0v) is 16.8. The predicted molar refractivity (Wildman–Crippen MR) is 113 cm³/mol. The predicted octanol–water partition coefficient (Wildman–Crippen LogP) is 4.62. The first-order valence-electron chi connectivity index (χ1n) is 9.46. The highest BCUT2D eigenvalue weighted by molar-refractivity contribution is 5.95. The van der Waals surface area contributed by atoms with Gasteiger partial charge in [-0.2, -0.15) is 0 Å². The topological polar surface area (TPSA) is 79.3 Å². The van der Waals surface area contributed by atoms with E-state index in [2.05, 4.69) is 16.4 Å². The number of carbonyl (C=O) groups excluding carboxylic acids is 1. The second-order valence-electron chi connectivity index (χ2n) is 7.26. The van der Waals surface area contributed by atoms with Crippen molar-refractivity contribution >= 4 is 11.9 Å². The standard InChI is InChI=1S/C24H24N2O3/c1-15-8-9-20(17(3)10-15)18-11-19(14-25-13-18)24(29)26-22(12-23(27)28)21-7-5-4-6-16(21)2/h4-11,13-14,22H,12H2,1-3H3,(H,26,29)(H,27,28)/t22-/m0/s1. The van der Waals surface area contributed by atoms with Crippen LogP contribution in [-0.2, 0) is 4.79 Å². The zero-order valence-electron chi connectivity index (χ0n) is 16.8. The van der Waals surface area contributed by atoms with Crippen LogP contribution in [0.3, 0.4) is 0 Å². The second-order valence-corrected chi connectivity index (χ2v) is 7.26. The number of benzene rings is 2. The van der Waals surface area contributed by atoms with E-state index >= 15 is 0 Å². The second kappa shape index (κ2) is 8.69. The van der Waals surface area contributed by atoms with Crippen molar-refractivity contribution in [1.29, 1.82) is 0 Å². The summed E-state index contributed by atoms with van der Waals surface area (Å²) in [5.41, 5.74) is 6.25. The lowest BCUT2D eigenvalue weighted by Gasteiger charge is -2.19. The number of amides is 1. The summed E-state index contributed by atoms with van der Waals surface area (Å²) in [6.45, 7) is 5.96. The normalized spacial score (nSPS) is 11.7. The smallest absolute Gasteiger partial charge is 0.305 e. The number of hydrogen-bond donors (Lipinski definition) is 2. The Bertz CT molecular complexity index is 1060. The first kappa shape index (κ1) is 20.3. The summed E-state index contributed by atoms with van der Waals surface area (Å²) >= 11 is 0. The molecule has 0 saturated carbocycles. The van der Waals surface area contributed by atoms with Gasteiger partial charge in [0, 0.05) is 18.0 Å². The Morgan fingerprint density at radius 3 is 2.45 bits per heavy atom. The lowest BCUT2D eigenvalue weighted by Crippen LogP contribution is -2.30. The molecule has 0 saturated heterocycles. The van der Waals surface area contributed by atoms with Crippen LogP contribution in [0, 0.1) is 20.8 Å². The minimum absolute atomic E-state index is 0.194. The van der Waals surface area contributed by atoms with Crippen molar-refractivity contribution in [3.63, 3.8) is 0 Å². The number of aromatic nitrogens is 1. The van der Waals surface area contributed by atoms with Crippen LogP contribution in [0.15, 0.2) is 60.9 Å². The molecular weight excluding hydrogens is 364 g/mol. The molecule has 1 aromatic heterocycles.